The van der Waals surface area contributed by atoms with Crippen LogP contribution >= 0.6 is 0 Å². The Balaban J connectivity index is 1.86. The molecule has 4 rings (SSSR count). The number of ether oxygens (including phenoxy) is 1. The number of H-pyrrole nitrogens is 1. The fourth-order valence-corrected chi connectivity index (χ4v) is 4.14. The summed E-state index contributed by atoms with van der Waals surface area (Å²) >= 11 is 0. The van der Waals surface area contributed by atoms with E-state index >= 15 is 4.39 Å². The van der Waals surface area contributed by atoms with E-state index in [4.69, 9.17) is 4.74 Å². The van der Waals surface area contributed by atoms with Crippen molar-refractivity contribution in [2.24, 2.45) is 0 Å². The van der Waals surface area contributed by atoms with Crippen LogP contribution in [0.15, 0.2) is 82.5 Å². The summed E-state index contributed by atoms with van der Waals surface area (Å²) in [6, 6.07) is 15.7. The van der Waals surface area contributed by atoms with E-state index in [1.165, 1.54) is 36.4 Å². The third kappa shape index (κ3) is 3.61. The van der Waals surface area contributed by atoms with Crippen molar-refractivity contribution in [1.82, 2.24) is 9.55 Å². The molecule has 9 nitrogen and oxygen atoms in total. The number of benzene rings is 2. The Kier molecular flexibility index (Phi) is 5.90. The van der Waals surface area contributed by atoms with Gasteiger partial charge in [-0.1, -0.05) is 60.7 Å². The van der Waals surface area contributed by atoms with Gasteiger partial charge in [0.05, 0.1) is 0 Å². The molecular weight excluding hydrogens is 447 g/mol. The maximum absolute atomic E-state index is 16.4. The minimum atomic E-state index is -3.08. The van der Waals surface area contributed by atoms with Gasteiger partial charge in [0.2, 0.25) is 5.78 Å². The second-order valence-corrected chi connectivity index (χ2v) is 8.14. The molecule has 1 saturated heterocycles. The van der Waals surface area contributed by atoms with Crippen LogP contribution < -0.4 is 11.2 Å². The normalized spacial score (nSPS) is 27.3. The molecule has 0 spiro atoms. The number of Topliss-reactive ketones (excluding diaryl/α,β-unsaturated/α-hetero) is 2. The van der Waals surface area contributed by atoms with Crippen LogP contribution in [0.2, 0.25) is 0 Å². The Bertz CT molecular complexity index is 1340. The third-order valence-electron chi connectivity index (χ3n) is 6.00. The number of hydrogen-bond donors (Lipinski definition) is 3. The van der Waals surface area contributed by atoms with Crippen LogP contribution in [0.1, 0.15) is 33.9 Å². The molecule has 0 saturated carbocycles. The Morgan fingerprint density at radius 2 is 1.59 bits per heavy atom. The number of aliphatic hydroxyl groups excluding tert-OH is 1. The molecule has 0 bridgehead atoms. The molecule has 0 radical (unpaired) electrons. The van der Waals surface area contributed by atoms with Gasteiger partial charge in [0.25, 0.3) is 5.56 Å². The Morgan fingerprint density at radius 1 is 1.03 bits per heavy atom. The molecule has 1 aliphatic rings. The smallest absolute Gasteiger partial charge is 0.330 e. The summed E-state index contributed by atoms with van der Waals surface area (Å²) in [5.41, 5.74) is -8.00. The Labute approximate surface area is 192 Å². The molecule has 0 aliphatic carbocycles. The summed E-state index contributed by atoms with van der Waals surface area (Å²) in [7, 11) is 0. The number of alkyl halides is 1. The van der Waals surface area contributed by atoms with Crippen molar-refractivity contribution in [3.8, 4) is 0 Å². The van der Waals surface area contributed by atoms with Crippen molar-refractivity contribution in [2.45, 2.75) is 36.6 Å². The van der Waals surface area contributed by atoms with Crippen LogP contribution in [0.4, 0.5) is 4.39 Å². The lowest BCUT2D eigenvalue weighted by Gasteiger charge is -2.36. The summed E-state index contributed by atoms with van der Waals surface area (Å²) in [5, 5.41) is 22.5. The van der Waals surface area contributed by atoms with Crippen LogP contribution in [0.25, 0.3) is 0 Å². The van der Waals surface area contributed by atoms with E-state index in [0.717, 1.165) is 19.2 Å². The lowest BCUT2D eigenvalue weighted by molar-refractivity contribution is -0.0935. The van der Waals surface area contributed by atoms with Gasteiger partial charge in [-0.3, -0.25) is 23.9 Å². The summed E-state index contributed by atoms with van der Waals surface area (Å²) in [4.78, 5) is 52.2. The third-order valence-corrected chi connectivity index (χ3v) is 6.00. The number of aliphatic hydroxyl groups is 2. The number of aromatic amines is 1. The number of nitrogens with zero attached hydrogens (tertiary/aromatic N) is 1. The van der Waals surface area contributed by atoms with Gasteiger partial charge < -0.3 is 14.9 Å². The van der Waals surface area contributed by atoms with Gasteiger partial charge in [-0.25, -0.2) is 9.18 Å². The van der Waals surface area contributed by atoms with Crippen LogP contribution in [0.3, 0.4) is 0 Å². The first-order valence-electron chi connectivity index (χ1n) is 10.3. The number of rotatable bonds is 6. The van der Waals surface area contributed by atoms with Gasteiger partial charge in [-0.2, -0.15) is 0 Å². The fraction of sp³-hybridized carbons (Fsp3) is 0.250. The fourth-order valence-electron chi connectivity index (χ4n) is 4.14. The molecule has 0 amide bonds. The minimum Gasteiger partial charge on any atom is -0.382 e. The van der Waals surface area contributed by atoms with Gasteiger partial charge in [0.15, 0.2) is 23.3 Å². The van der Waals surface area contributed by atoms with E-state index in [-0.39, 0.29) is 11.1 Å². The van der Waals surface area contributed by atoms with Crippen LogP contribution in [0.5, 0.6) is 0 Å². The lowest BCUT2D eigenvalue weighted by Crippen LogP contribution is -2.63. The first-order valence-corrected chi connectivity index (χ1v) is 10.3. The van der Waals surface area contributed by atoms with Crippen molar-refractivity contribution in [2.75, 3.05) is 0 Å². The molecule has 1 aromatic heterocycles. The molecule has 176 valence electrons. The van der Waals surface area contributed by atoms with Gasteiger partial charge in [0.1, 0.15) is 12.2 Å². The molecule has 3 aromatic rings. The number of halogens is 1. The molecule has 5 atom stereocenters. The van der Waals surface area contributed by atoms with Crippen LogP contribution in [0, 0.1) is 0 Å². The second-order valence-electron chi connectivity index (χ2n) is 8.14. The summed E-state index contributed by atoms with van der Waals surface area (Å²) in [6.07, 6.45) is -5.28. The van der Waals surface area contributed by atoms with Crippen molar-refractivity contribution in [3.63, 3.8) is 0 Å². The van der Waals surface area contributed by atoms with E-state index in [1.54, 1.807) is 24.3 Å². The predicted octanol–water partition coefficient (Wildman–Crippen LogP) is 1.02. The maximum Gasteiger partial charge on any atom is 0.330 e. The highest BCUT2D eigenvalue weighted by atomic mass is 19.1. The van der Waals surface area contributed by atoms with Gasteiger partial charge in [-0.15, -0.1) is 0 Å². The van der Waals surface area contributed by atoms with Crippen molar-refractivity contribution in [3.05, 3.63) is 105 Å². The number of carbonyl (C=O) groups is 2. The SMILES string of the molecule is C[C@]1(F)[C@H](n2ccc(=O)[nH]c2=O)O[C@H](C(O)C(=O)c2ccccc2)[C@]1(O)C(=O)c1ccccc1. The van der Waals surface area contributed by atoms with E-state index < -0.39 is 52.5 Å². The molecule has 1 unspecified atom stereocenters. The predicted molar refractivity (Wildman–Crippen MR) is 117 cm³/mol. The highest BCUT2D eigenvalue weighted by Gasteiger charge is 2.71. The van der Waals surface area contributed by atoms with Gasteiger partial charge in [0, 0.05) is 23.4 Å². The summed E-state index contributed by atoms with van der Waals surface area (Å²) in [6.45, 7) is 0.829. The largest absolute Gasteiger partial charge is 0.382 e. The quantitative estimate of drug-likeness (QED) is 0.459. The number of ketones is 2. The zero-order valence-corrected chi connectivity index (χ0v) is 17.9. The molecule has 2 heterocycles. The van der Waals surface area contributed by atoms with Gasteiger partial charge >= 0.3 is 5.69 Å². The van der Waals surface area contributed by atoms with E-state index in [1.807, 2.05) is 4.98 Å². The van der Waals surface area contributed by atoms with Crippen molar-refractivity contribution in [1.29, 1.82) is 0 Å². The molecule has 34 heavy (non-hydrogen) atoms. The standard InChI is InChI=1S/C24H21FN2O7/c1-23(25)21(27-13-12-16(28)26-22(27)32)34-20(18(30)17(29)14-8-4-2-5-9-14)24(23,33)19(31)15-10-6-3-7-11-15/h2-13,18,20-21,30,33H,1H3,(H,26,28,32)/t18?,20-,21-,23+,24-/m1/s1. The molecule has 2 aromatic carbocycles. The molecule has 3 N–H and O–H groups in total. The average molecular weight is 468 g/mol. The number of hydrogen-bond acceptors (Lipinski definition) is 7. The average Bonchev–Trinajstić information content (AvgIpc) is 3.05. The molecule has 1 aliphatic heterocycles. The van der Waals surface area contributed by atoms with E-state index in [9.17, 15) is 29.4 Å². The van der Waals surface area contributed by atoms with Crippen molar-refractivity contribution < 1.29 is 28.9 Å². The summed E-state index contributed by atoms with van der Waals surface area (Å²) < 4.78 is 22.6. The zero-order chi connectivity index (χ0) is 24.7. The van der Waals surface area contributed by atoms with Gasteiger partial charge in [-0.05, 0) is 6.92 Å². The maximum atomic E-state index is 16.4. The van der Waals surface area contributed by atoms with Crippen LogP contribution in [-0.2, 0) is 4.74 Å². The molecule has 10 heteroatoms. The zero-order valence-electron chi connectivity index (χ0n) is 17.9. The lowest BCUT2D eigenvalue weighted by atomic mass is 9.74. The highest BCUT2D eigenvalue weighted by Crippen LogP contribution is 2.50. The number of nitrogens with one attached hydrogen (secondary N) is 1. The van der Waals surface area contributed by atoms with E-state index in [0.29, 0.717) is 4.57 Å². The molecular formula is C24H21FN2O7. The van der Waals surface area contributed by atoms with Crippen molar-refractivity contribution >= 4 is 11.6 Å². The Hall–Kier alpha value is -3.73. The molecule has 1 fully saturated rings. The van der Waals surface area contributed by atoms with Crippen LogP contribution in [-0.4, -0.2) is 54.8 Å². The number of carbonyl (C=O) groups excluding carboxylic acids is 2. The number of aromatic nitrogens is 2. The van der Waals surface area contributed by atoms with E-state index in [2.05, 4.69) is 0 Å². The topological polar surface area (TPSA) is 139 Å². The first kappa shape index (κ1) is 23.4. The minimum absolute atomic E-state index is 0.0401. The highest BCUT2D eigenvalue weighted by molar-refractivity contribution is 6.06. The summed E-state index contributed by atoms with van der Waals surface area (Å²) in [5.74, 6) is -2.07. The Morgan fingerprint density at radius 3 is 2.15 bits per heavy atom. The first-order chi connectivity index (χ1) is 16.1. The second kappa shape index (κ2) is 8.56. The monoisotopic (exact) mass is 468 g/mol.